The predicted molar refractivity (Wildman–Crippen MR) is 141 cm³/mol. The first-order chi connectivity index (χ1) is 18.5. The molecule has 38 heavy (non-hydrogen) atoms. The summed E-state index contributed by atoms with van der Waals surface area (Å²) in [6, 6.07) is 24.8. The quantitative estimate of drug-likeness (QED) is 0.295. The van der Waals surface area contributed by atoms with Gasteiger partial charge >= 0.3 is 6.03 Å². The van der Waals surface area contributed by atoms with Crippen molar-refractivity contribution >= 4 is 11.7 Å². The number of hydrogen-bond donors (Lipinski definition) is 1. The van der Waals surface area contributed by atoms with Crippen LogP contribution in [0.5, 0.6) is 0 Å². The Balaban J connectivity index is 1.55. The Labute approximate surface area is 218 Å². The van der Waals surface area contributed by atoms with Crippen LogP contribution in [0, 0.1) is 11.6 Å². The molecule has 1 N–H and O–H groups in total. The zero-order valence-electron chi connectivity index (χ0n) is 20.7. The van der Waals surface area contributed by atoms with E-state index in [4.69, 9.17) is 5.10 Å². The van der Waals surface area contributed by atoms with Crippen molar-refractivity contribution in [1.29, 1.82) is 0 Å². The minimum atomic E-state index is -0.541. The Hall–Kier alpha value is -4.72. The zero-order valence-corrected chi connectivity index (χ0v) is 20.7. The van der Waals surface area contributed by atoms with Gasteiger partial charge in [-0.05, 0) is 66.6 Å². The van der Waals surface area contributed by atoms with Gasteiger partial charge in [-0.1, -0.05) is 43.3 Å². The van der Waals surface area contributed by atoms with Gasteiger partial charge in [-0.2, -0.15) is 5.10 Å². The second kappa shape index (κ2) is 9.63. The maximum atomic E-state index is 13.9. The van der Waals surface area contributed by atoms with E-state index < -0.39 is 17.9 Å². The fourth-order valence-electron chi connectivity index (χ4n) is 5.11. The summed E-state index contributed by atoms with van der Waals surface area (Å²) in [7, 11) is 0. The molecule has 8 heteroatoms. The minimum absolute atomic E-state index is 0.246. The molecule has 2 aromatic heterocycles. The van der Waals surface area contributed by atoms with E-state index in [2.05, 4.69) is 9.88 Å². The lowest BCUT2D eigenvalue weighted by molar-refractivity contribution is 0.194. The van der Waals surface area contributed by atoms with E-state index in [9.17, 15) is 13.6 Å². The number of carbonyl (C=O) groups is 1. The first-order valence-corrected chi connectivity index (χ1v) is 12.5. The normalized spacial score (nSPS) is 14.5. The van der Waals surface area contributed by atoms with Crippen molar-refractivity contribution in [2.45, 2.75) is 25.9 Å². The summed E-state index contributed by atoms with van der Waals surface area (Å²) in [5.41, 5.74) is 4.61. The van der Waals surface area contributed by atoms with Crippen molar-refractivity contribution in [2.75, 3.05) is 5.32 Å². The molecular formula is C30H25F2N5O. The van der Waals surface area contributed by atoms with E-state index in [0.29, 0.717) is 12.1 Å². The van der Waals surface area contributed by atoms with Crippen LogP contribution < -0.4 is 5.32 Å². The number of nitrogens with one attached hydrogen (secondary N) is 1. The van der Waals surface area contributed by atoms with Gasteiger partial charge in [0.2, 0.25) is 0 Å². The van der Waals surface area contributed by atoms with Crippen molar-refractivity contribution < 1.29 is 13.6 Å². The third-order valence-electron chi connectivity index (χ3n) is 6.83. The maximum absolute atomic E-state index is 13.9. The summed E-state index contributed by atoms with van der Waals surface area (Å²) in [6.45, 7) is 2.28. The lowest BCUT2D eigenvalue weighted by atomic mass is 10.0. The highest BCUT2D eigenvalue weighted by Crippen LogP contribution is 2.39. The van der Waals surface area contributed by atoms with Crippen molar-refractivity contribution in [3.8, 4) is 11.5 Å². The van der Waals surface area contributed by atoms with E-state index in [0.717, 1.165) is 34.0 Å². The largest absolute Gasteiger partial charge is 0.322 e. The molecule has 0 saturated carbocycles. The van der Waals surface area contributed by atoms with E-state index in [1.807, 2.05) is 60.3 Å². The summed E-state index contributed by atoms with van der Waals surface area (Å²) in [5.74, 6) is 0.0494. The number of amides is 2. The van der Waals surface area contributed by atoms with Gasteiger partial charge in [-0.15, -0.1) is 0 Å². The predicted octanol–water partition coefficient (Wildman–Crippen LogP) is 6.64. The van der Waals surface area contributed by atoms with Crippen molar-refractivity contribution in [3.05, 3.63) is 131 Å². The van der Waals surface area contributed by atoms with Crippen LogP contribution in [0.4, 0.5) is 19.3 Å². The van der Waals surface area contributed by atoms with Crippen molar-refractivity contribution in [2.24, 2.45) is 0 Å². The van der Waals surface area contributed by atoms with Crippen molar-refractivity contribution in [3.63, 3.8) is 0 Å². The number of fused-ring (bicyclic) bond motifs is 3. The lowest BCUT2D eigenvalue weighted by Gasteiger charge is -2.31. The Morgan fingerprint density at radius 2 is 1.74 bits per heavy atom. The fourth-order valence-corrected chi connectivity index (χ4v) is 5.11. The second-order valence-corrected chi connectivity index (χ2v) is 9.18. The first-order valence-electron chi connectivity index (χ1n) is 12.5. The molecule has 1 unspecified atom stereocenters. The average Bonchev–Trinajstić information content (AvgIpc) is 3.51. The molecule has 6 nitrogen and oxygen atoms in total. The highest BCUT2D eigenvalue weighted by molar-refractivity contribution is 5.90. The monoisotopic (exact) mass is 509 g/mol. The van der Waals surface area contributed by atoms with Crippen LogP contribution in [0.15, 0.2) is 97.2 Å². The highest BCUT2D eigenvalue weighted by atomic mass is 19.1. The van der Waals surface area contributed by atoms with Gasteiger partial charge in [-0.25, -0.2) is 18.3 Å². The molecular weight excluding hydrogens is 484 g/mol. The third kappa shape index (κ3) is 4.14. The number of anilines is 1. The number of halogens is 2. The molecule has 0 spiro atoms. The lowest BCUT2D eigenvalue weighted by Crippen LogP contribution is -2.38. The smallest absolute Gasteiger partial charge is 0.308 e. The number of benzene rings is 3. The second-order valence-electron chi connectivity index (χ2n) is 9.18. The fraction of sp³-hybridized carbons (Fsp3) is 0.133. The van der Waals surface area contributed by atoms with Gasteiger partial charge in [0, 0.05) is 17.4 Å². The van der Waals surface area contributed by atoms with Crippen LogP contribution in [0.25, 0.3) is 11.5 Å². The van der Waals surface area contributed by atoms with Crippen LogP contribution >= 0.6 is 0 Å². The Morgan fingerprint density at radius 3 is 2.47 bits per heavy atom. The summed E-state index contributed by atoms with van der Waals surface area (Å²) >= 11 is 0. The molecule has 0 fully saturated rings. The van der Waals surface area contributed by atoms with Gasteiger partial charge < -0.3 is 14.8 Å². The summed E-state index contributed by atoms with van der Waals surface area (Å²) < 4.78 is 31.8. The molecule has 0 bridgehead atoms. The molecule has 190 valence electrons. The molecule has 1 atom stereocenters. The highest BCUT2D eigenvalue weighted by Gasteiger charge is 2.36. The molecule has 3 heterocycles. The third-order valence-corrected chi connectivity index (χ3v) is 6.83. The summed E-state index contributed by atoms with van der Waals surface area (Å²) in [6.07, 6.45) is 2.62. The topological polar surface area (TPSA) is 55.1 Å². The van der Waals surface area contributed by atoms with Crippen LogP contribution in [-0.2, 0) is 13.0 Å². The number of hydrogen-bond acceptors (Lipinski definition) is 2. The van der Waals surface area contributed by atoms with E-state index in [-0.39, 0.29) is 12.4 Å². The number of aromatic nitrogens is 3. The molecule has 0 radical (unpaired) electrons. The van der Waals surface area contributed by atoms with Gasteiger partial charge in [0.25, 0.3) is 0 Å². The molecule has 1 aliphatic heterocycles. The molecule has 3 aromatic carbocycles. The van der Waals surface area contributed by atoms with E-state index >= 15 is 0 Å². The molecule has 1 aliphatic rings. The van der Waals surface area contributed by atoms with E-state index in [1.165, 1.54) is 24.3 Å². The number of rotatable bonds is 4. The standard InChI is InChI=1S/C30H25F2N5O/c1-2-26-25-19-36(30(38)33-23-9-6-8-22(32)18-23)28(20-13-15-21(31)16-14-20)27-12-7-17-35(27)29(25)37(34-26)24-10-4-3-5-11-24/h3-18,28H,2,19H2,1H3,(H,33,38). The van der Waals surface area contributed by atoms with Gasteiger partial charge in [0.05, 0.1) is 29.7 Å². The summed E-state index contributed by atoms with van der Waals surface area (Å²) in [4.78, 5) is 15.6. The van der Waals surface area contributed by atoms with Gasteiger partial charge in [0.15, 0.2) is 0 Å². The maximum Gasteiger partial charge on any atom is 0.322 e. The first kappa shape index (κ1) is 23.7. The average molecular weight is 510 g/mol. The number of nitrogens with zero attached hydrogens (tertiary/aromatic N) is 4. The molecule has 0 aliphatic carbocycles. The Morgan fingerprint density at radius 1 is 0.947 bits per heavy atom. The van der Waals surface area contributed by atoms with Crippen LogP contribution in [0.3, 0.4) is 0 Å². The zero-order chi connectivity index (χ0) is 26.2. The number of urea groups is 1. The van der Waals surface area contributed by atoms with Gasteiger partial charge in [-0.3, -0.25) is 0 Å². The SMILES string of the molecule is CCc1nn(-c2ccccc2)c2c1CN(C(=O)Nc1cccc(F)c1)C(c1ccc(F)cc1)c1cccn1-2. The number of aryl methyl sites for hydroxylation is 1. The van der Waals surface area contributed by atoms with Crippen molar-refractivity contribution in [1.82, 2.24) is 19.2 Å². The van der Waals surface area contributed by atoms with Crippen LogP contribution in [-0.4, -0.2) is 25.3 Å². The van der Waals surface area contributed by atoms with Crippen LogP contribution in [0.1, 0.15) is 35.5 Å². The molecule has 0 saturated heterocycles. The molecule has 6 rings (SSSR count). The Bertz CT molecular complexity index is 1610. The molecule has 2 amide bonds. The van der Waals surface area contributed by atoms with E-state index in [1.54, 1.807) is 29.2 Å². The Kier molecular flexibility index (Phi) is 5.99. The molecule has 5 aromatic rings. The number of carbonyl (C=O) groups excluding carboxylic acids is 1. The minimum Gasteiger partial charge on any atom is -0.308 e. The number of para-hydroxylation sites is 1. The van der Waals surface area contributed by atoms with Gasteiger partial charge in [0.1, 0.15) is 17.5 Å². The summed E-state index contributed by atoms with van der Waals surface area (Å²) in [5, 5.41) is 7.80. The van der Waals surface area contributed by atoms with Crippen LogP contribution in [0.2, 0.25) is 0 Å².